The van der Waals surface area contributed by atoms with E-state index in [2.05, 4.69) is 0 Å². The maximum atomic E-state index is 12.0. The first-order valence-electron chi connectivity index (χ1n) is 5.87. The summed E-state index contributed by atoms with van der Waals surface area (Å²) in [6.07, 6.45) is 2.78. The molecule has 1 aromatic carbocycles. The highest BCUT2D eigenvalue weighted by atomic mass is 16.6. The smallest absolute Gasteiger partial charge is 0.229 e. The van der Waals surface area contributed by atoms with E-state index < -0.39 is 5.54 Å². The van der Waals surface area contributed by atoms with Crippen molar-refractivity contribution in [2.45, 2.75) is 37.6 Å². The van der Waals surface area contributed by atoms with Crippen molar-refractivity contribution in [2.75, 3.05) is 0 Å². The van der Waals surface area contributed by atoms with Crippen LogP contribution in [-0.2, 0) is 0 Å². The second-order valence-corrected chi connectivity index (χ2v) is 4.65. The predicted molar refractivity (Wildman–Crippen MR) is 63.6 cm³/mol. The van der Waals surface area contributed by atoms with E-state index in [-0.39, 0.29) is 17.1 Å². The summed E-state index contributed by atoms with van der Waals surface area (Å²) in [7, 11) is 0. The Labute approximate surface area is 99.8 Å². The molecule has 0 spiro atoms. The summed E-state index contributed by atoms with van der Waals surface area (Å²) < 4.78 is 0. The van der Waals surface area contributed by atoms with Gasteiger partial charge in [0.15, 0.2) is 5.78 Å². The summed E-state index contributed by atoms with van der Waals surface area (Å²) in [6.45, 7) is 0. The normalized spacial score (nSPS) is 17.9. The van der Waals surface area contributed by atoms with Crippen LogP contribution in [0.5, 0.6) is 0 Å². The second kappa shape index (κ2) is 4.65. The molecule has 1 aromatic rings. The fourth-order valence-corrected chi connectivity index (χ4v) is 2.48. The van der Waals surface area contributed by atoms with Crippen LogP contribution < -0.4 is 0 Å². The Morgan fingerprint density at radius 2 is 1.82 bits per heavy atom. The SMILES string of the molecule is O=C(CC1([N+](=O)[O-])CCCC1)c1ccccc1. The first-order chi connectivity index (χ1) is 8.14. The molecule has 0 atom stereocenters. The van der Waals surface area contributed by atoms with Crippen LogP contribution in [0.3, 0.4) is 0 Å². The van der Waals surface area contributed by atoms with E-state index in [0.717, 1.165) is 12.8 Å². The Bertz CT molecular complexity index is 422. The molecule has 0 amide bonds. The van der Waals surface area contributed by atoms with Gasteiger partial charge in [0.1, 0.15) is 0 Å². The quantitative estimate of drug-likeness (QED) is 0.456. The van der Waals surface area contributed by atoms with Gasteiger partial charge in [-0.2, -0.15) is 0 Å². The average molecular weight is 233 g/mol. The maximum Gasteiger partial charge on any atom is 0.229 e. The average Bonchev–Trinajstić information content (AvgIpc) is 2.80. The highest BCUT2D eigenvalue weighted by Crippen LogP contribution is 2.36. The van der Waals surface area contributed by atoms with E-state index in [9.17, 15) is 14.9 Å². The molecule has 4 heteroatoms. The number of hydrogen-bond donors (Lipinski definition) is 0. The number of ketones is 1. The summed E-state index contributed by atoms with van der Waals surface area (Å²) in [6, 6.07) is 8.81. The van der Waals surface area contributed by atoms with Crippen molar-refractivity contribution in [3.8, 4) is 0 Å². The fourth-order valence-electron chi connectivity index (χ4n) is 2.48. The van der Waals surface area contributed by atoms with Gasteiger partial charge in [0, 0.05) is 23.3 Å². The van der Waals surface area contributed by atoms with Gasteiger partial charge in [-0.15, -0.1) is 0 Å². The zero-order valence-corrected chi connectivity index (χ0v) is 9.59. The molecule has 0 saturated heterocycles. The van der Waals surface area contributed by atoms with E-state index in [1.54, 1.807) is 24.3 Å². The van der Waals surface area contributed by atoms with E-state index in [4.69, 9.17) is 0 Å². The van der Waals surface area contributed by atoms with Crippen LogP contribution in [0.4, 0.5) is 0 Å². The van der Waals surface area contributed by atoms with Gasteiger partial charge >= 0.3 is 0 Å². The summed E-state index contributed by atoms with van der Waals surface area (Å²) >= 11 is 0. The summed E-state index contributed by atoms with van der Waals surface area (Å²) in [5.74, 6) is -0.121. The molecule has 0 heterocycles. The van der Waals surface area contributed by atoms with Gasteiger partial charge in [0.05, 0.1) is 6.42 Å². The molecular weight excluding hydrogens is 218 g/mol. The van der Waals surface area contributed by atoms with Crippen LogP contribution in [0.15, 0.2) is 30.3 Å². The zero-order chi connectivity index (χ0) is 12.3. The van der Waals surface area contributed by atoms with Gasteiger partial charge in [-0.1, -0.05) is 30.3 Å². The third-order valence-corrected chi connectivity index (χ3v) is 3.51. The van der Waals surface area contributed by atoms with E-state index >= 15 is 0 Å². The largest absolute Gasteiger partial charge is 0.294 e. The first-order valence-corrected chi connectivity index (χ1v) is 5.87. The Balaban J connectivity index is 2.15. The Morgan fingerprint density at radius 3 is 2.35 bits per heavy atom. The number of rotatable bonds is 4. The van der Waals surface area contributed by atoms with E-state index in [1.807, 2.05) is 6.07 Å². The van der Waals surface area contributed by atoms with Gasteiger partial charge in [0.25, 0.3) is 0 Å². The third-order valence-electron chi connectivity index (χ3n) is 3.51. The third kappa shape index (κ3) is 2.35. The molecule has 1 aliphatic rings. The summed E-state index contributed by atoms with van der Waals surface area (Å²) in [5.41, 5.74) is -0.437. The minimum atomic E-state index is -1.01. The molecule has 0 aliphatic heterocycles. The highest BCUT2D eigenvalue weighted by molar-refractivity contribution is 5.96. The van der Waals surface area contributed by atoms with Crippen LogP contribution in [0, 0.1) is 10.1 Å². The van der Waals surface area contributed by atoms with Crippen LogP contribution >= 0.6 is 0 Å². The van der Waals surface area contributed by atoms with Crippen molar-refractivity contribution in [1.82, 2.24) is 0 Å². The maximum absolute atomic E-state index is 12.0. The Kier molecular flexibility index (Phi) is 3.22. The second-order valence-electron chi connectivity index (χ2n) is 4.65. The first kappa shape index (κ1) is 11.8. The van der Waals surface area contributed by atoms with Crippen molar-refractivity contribution in [1.29, 1.82) is 0 Å². The summed E-state index contributed by atoms with van der Waals surface area (Å²) in [5, 5.41) is 11.1. The van der Waals surface area contributed by atoms with Crippen molar-refractivity contribution < 1.29 is 9.72 Å². The van der Waals surface area contributed by atoms with Gasteiger partial charge < -0.3 is 0 Å². The molecule has 0 radical (unpaired) electrons. The number of carbonyl (C=O) groups excluding carboxylic acids is 1. The monoisotopic (exact) mass is 233 g/mol. The van der Waals surface area contributed by atoms with Crippen LogP contribution in [0.1, 0.15) is 42.5 Å². The van der Waals surface area contributed by atoms with E-state index in [0.29, 0.717) is 18.4 Å². The molecular formula is C13H15NO3. The Morgan fingerprint density at radius 1 is 1.24 bits per heavy atom. The van der Waals surface area contributed by atoms with Crippen LogP contribution in [0.25, 0.3) is 0 Å². The lowest BCUT2D eigenvalue weighted by Gasteiger charge is -2.18. The summed E-state index contributed by atoms with van der Waals surface area (Å²) in [4.78, 5) is 22.9. The lowest BCUT2D eigenvalue weighted by molar-refractivity contribution is -0.566. The Hall–Kier alpha value is -1.71. The van der Waals surface area contributed by atoms with Gasteiger partial charge in [-0.05, 0) is 12.8 Å². The van der Waals surface area contributed by atoms with Gasteiger partial charge in [-0.3, -0.25) is 14.9 Å². The van der Waals surface area contributed by atoms with Crippen LogP contribution in [0.2, 0.25) is 0 Å². The van der Waals surface area contributed by atoms with Crippen molar-refractivity contribution >= 4 is 5.78 Å². The molecule has 90 valence electrons. The molecule has 1 saturated carbocycles. The van der Waals surface area contributed by atoms with Crippen molar-refractivity contribution in [2.24, 2.45) is 0 Å². The lowest BCUT2D eigenvalue weighted by atomic mass is 9.89. The molecule has 1 aliphatic carbocycles. The number of nitro groups is 1. The number of hydrogen-bond acceptors (Lipinski definition) is 3. The number of carbonyl (C=O) groups is 1. The number of Topliss-reactive ketones (excluding diaryl/α,β-unsaturated/α-hetero) is 1. The molecule has 4 nitrogen and oxygen atoms in total. The fraction of sp³-hybridized carbons (Fsp3) is 0.462. The number of nitrogens with zero attached hydrogens (tertiary/aromatic N) is 1. The lowest BCUT2D eigenvalue weighted by Crippen LogP contribution is -2.37. The molecule has 0 N–H and O–H groups in total. The molecule has 2 rings (SSSR count). The molecule has 17 heavy (non-hydrogen) atoms. The number of benzene rings is 1. The minimum absolute atomic E-state index is 0.0318. The zero-order valence-electron chi connectivity index (χ0n) is 9.59. The molecule has 1 fully saturated rings. The van der Waals surface area contributed by atoms with Gasteiger partial charge in [-0.25, -0.2) is 0 Å². The molecule has 0 unspecified atom stereocenters. The van der Waals surface area contributed by atoms with Crippen molar-refractivity contribution in [3.05, 3.63) is 46.0 Å². The van der Waals surface area contributed by atoms with Gasteiger partial charge in [0.2, 0.25) is 5.54 Å². The molecule has 0 bridgehead atoms. The highest BCUT2D eigenvalue weighted by Gasteiger charge is 2.47. The van der Waals surface area contributed by atoms with Crippen LogP contribution in [-0.4, -0.2) is 16.2 Å². The van der Waals surface area contributed by atoms with E-state index in [1.165, 1.54) is 0 Å². The van der Waals surface area contributed by atoms with Crippen molar-refractivity contribution in [3.63, 3.8) is 0 Å². The standard InChI is InChI=1S/C13H15NO3/c15-12(11-6-2-1-3-7-11)10-13(14(16)17)8-4-5-9-13/h1-3,6-7H,4-5,8-10H2. The molecule has 0 aromatic heterocycles. The predicted octanol–water partition coefficient (Wildman–Crippen LogP) is 2.85. The minimum Gasteiger partial charge on any atom is -0.294 e. The topological polar surface area (TPSA) is 60.2 Å².